The van der Waals surface area contributed by atoms with Crippen LogP contribution in [0.4, 0.5) is 5.69 Å². The van der Waals surface area contributed by atoms with Crippen molar-refractivity contribution in [3.63, 3.8) is 0 Å². The molecule has 7 heteroatoms. The summed E-state index contributed by atoms with van der Waals surface area (Å²) in [6.45, 7) is -0.0603. The first-order valence-corrected chi connectivity index (χ1v) is 10.4. The highest BCUT2D eigenvalue weighted by Crippen LogP contribution is 2.19. The van der Waals surface area contributed by atoms with Gasteiger partial charge in [0, 0.05) is 17.1 Å². The van der Waals surface area contributed by atoms with Crippen LogP contribution in [0.1, 0.15) is 5.56 Å². The maximum atomic E-state index is 12.2. The molecule has 128 valence electrons. The summed E-state index contributed by atoms with van der Waals surface area (Å²) in [4.78, 5) is 13.3. The summed E-state index contributed by atoms with van der Waals surface area (Å²) in [7, 11) is -3.49. The summed E-state index contributed by atoms with van der Waals surface area (Å²) < 4.78 is 25.1. The third kappa shape index (κ3) is 5.67. The second kappa shape index (κ2) is 8.32. The number of hydrogen-bond acceptors (Lipinski definition) is 4. The molecular weight excluding hydrogens is 344 g/mol. The zero-order chi connectivity index (χ0) is 17.6. The Bertz CT molecular complexity index is 792. The Morgan fingerprint density at radius 1 is 1.12 bits per heavy atom. The highest BCUT2D eigenvalue weighted by atomic mass is 32.2. The molecule has 2 aromatic rings. The third-order valence-electron chi connectivity index (χ3n) is 3.34. The van der Waals surface area contributed by atoms with Gasteiger partial charge in [0.25, 0.3) is 0 Å². The zero-order valence-corrected chi connectivity index (χ0v) is 15.2. The van der Waals surface area contributed by atoms with Gasteiger partial charge in [0.15, 0.2) is 0 Å². The number of rotatable bonds is 7. The van der Waals surface area contributed by atoms with Crippen LogP contribution in [0.15, 0.2) is 59.5 Å². The van der Waals surface area contributed by atoms with Gasteiger partial charge >= 0.3 is 0 Å². The number of nitrogens with one attached hydrogen (secondary N) is 1. The smallest absolute Gasteiger partial charge is 0.239 e. The van der Waals surface area contributed by atoms with E-state index in [1.54, 1.807) is 17.8 Å². The van der Waals surface area contributed by atoms with Crippen LogP contribution in [0.3, 0.4) is 0 Å². The molecule has 0 aliphatic carbocycles. The molecular formula is C17H20N2O3S2. The number of anilines is 1. The summed E-state index contributed by atoms with van der Waals surface area (Å²) in [5.41, 5.74) is 1.49. The molecule has 0 aromatic heterocycles. The van der Waals surface area contributed by atoms with E-state index >= 15 is 0 Å². The number of carbonyl (C=O) groups excluding carboxylic acids is 1. The minimum Gasteiger partial charge on any atom is -0.325 e. The predicted molar refractivity (Wildman–Crippen MR) is 98.5 cm³/mol. The molecule has 24 heavy (non-hydrogen) atoms. The van der Waals surface area contributed by atoms with E-state index in [9.17, 15) is 13.2 Å². The van der Waals surface area contributed by atoms with Gasteiger partial charge in [0.1, 0.15) is 0 Å². The maximum absolute atomic E-state index is 12.2. The Morgan fingerprint density at radius 2 is 1.83 bits per heavy atom. The summed E-state index contributed by atoms with van der Waals surface area (Å²) in [6.07, 6.45) is 3.06. The fourth-order valence-electron chi connectivity index (χ4n) is 2.14. The van der Waals surface area contributed by atoms with Gasteiger partial charge in [0.2, 0.25) is 15.9 Å². The predicted octanol–water partition coefficient (Wildman–Crippen LogP) is 2.81. The van der Waals surface area contributed by atoms with Gasteiger partial charge in [-0.3, -0.25) is 4.79 Å². The molecule has 0 atom stereocenters. The Labute approximate surface area is 147 Å². The van der Waals surface area contributed by atoms with Gasteiger partial charge in [-0.15, -0.1) is 11.8 Å². The number of benzene rings is 2. The molecule has 2 rings (SSSR count). The minimum atomic E-state index is -3.49. The van der Waals surface area contributed by atoms with Crippen LogP contribution in [0, 0.1) is 0 Å². The summed E-state index contributed by atoms with van der Waals surface area (Å²) >= 11 is 1.57. The van der Waals surface area contributed by atoms with Crippen LogP contribution < -0.4 is 5.32 Å². The largest absolute Gasteiger partial charge is 0.325 e. The van der Waals surface area contributed by atoms with E-state index in [0.29, 0.717) is 5.69 Å². The topological polar surface area (TPSA) is 66.5 Å². The third-order valence-corrected chi connectivity index (χ3v) is 5.27. The van der Waals surface area contributed by atoms with E-state index < -0.39 is 10.0 Å². The second-order valence-electron chi connectivity index (χ2n) is 5.30. The van der Waals surface area contributed by atoms with Crippen LogP contribution in [-0.2, 0) is 21.4 Å². The SMILES string of the molecule is CSc1cccc(NC(=O)CN(Cc2ccccc2)S(C)(=O)=O)c1. The highest BCUT2D eigenvalue weighted by Gasteiger charge is 2.20. The molecule has 0 saturated heterocycles. The average molecular weight is 364 g/mol. The minimum absolute atomic E-state index is 0.165. The van der Waals surface area contributed by atoms with Crippen molar-refractivity contribution in [2.24, 2.45) is 0 Å². The van der Waals surface area contributed by atoms with Crippen molar-refractivity contribution in [2.75, 3.05) is 24.4 Å². The molecule has 0 fully saturated rings. The fourth-order valence-corrected chi connectivity index (χ4v) is 3.33. The van der Waals surface area contributed by atoms with Crippen molar-refractivity contribution < 1.29 is 13.2 Å². The van der Waals surface area contributed by atoms with E-state index in [0.717, 1.165) is 21.0 Å². The quantitative estimate of drug-likeness (QED) is 0.767. The van der Waals surface area contributed by atoms with Crippen LogP contribution in [0.5, 0.6) is 0 Å². The van der Waals surface area contributed by atoms with Gasteiger partial charge < -0.3 is 5.32 Å². The van der Waals surface area contributed by atoms with Crippen molar-refractivity contribution in [1.82, 2.24) is 4.31 Å². The molecule has 0 bridgehead atoms. The lowest BCUT2D eigenvalue weighted by Crippen LogP contribution is -2.36. The van der Waals surface area contributed by atoms with Crippen LogP contribution in [-0.4, -0.2) is 37.7 Å². The number of hydrogen-bond donors (Lipinski definition) is 1. The molecule has 0 radical (unpaired) electrons. The number of thioether (sulfide) groups is 1. The van der Waals surface area contributed by atoms with E-state index in [1.807, 2.05) is 54.8 Å². The van der Waals surface area contributed by atoms with Crippen LogP contribution in [0.25, 0.3) is 0 Å². The highest BCUT2D eigenvalue weighted by molar-refractivity contribution is 7.98. The first-order valence-electron chi connectivity index (χ1n) is 7.31. The van der Waals surface area contributed by atoms with Crippen LogP contribution >= 0.6 is 11.8 Å². The van der Waals surface area contributed by atoms with Crippen molar-refractivity contribution in [3.8, 4) is 0 Å². The number of amides is 1. The number of carbonyl (C=O) groups is 1. The molecule has 0 saturated carbocycles. The molecule has 0 spiro atoms. The lowest BCUT2D eigenvalue weighted by molar-refractivity contribution is -0.116. The van der Waals surface area contributed by atoms with Gasteiger partial charge in [0.05, 0.1) is 12.8 Å². The van der Waals surface area contributed by atoms with Crippen LogP contribution in [0.2, 0.25) is 0 Å². The first kappa shape index (κ1) is 18.5. The number of sulfonamides is 1. The Morgan fingerprint density at radius 3 is 2.46 bits per heavy atom. The van der Waals surface area contributed by atoms with Crippen molar-refractivity contribution in [3.05, 3.63) is 60.2 Å². The van der Waals surface area contributed by atoms with E-state index in [1.165, 1.54) is 0 Å². The van der Waals surface area contributed by atoms with Gasteiger partial charge in [-0.2, -0.15) is 4.31 Å². The van der Waals surface area contributed by atoms with E-state index in [4.69, 9.17) is 0 Å². The Balaban J connectivity index is 2.07. The lowest BCUT2D eigenvalue weighted by atomic mass is 10.2. The Hall–Kier alpha value is -1.83. The molecule has 1 N–H and O–H groups in total. The Kier molecular flexibility index (Phi) is 6.42. The summed E-state index contributed by atoms with van der Waals surface area (Å²) in [6, 6.07) is 16.6. The van der Waals surface area contributed by atoms with Gasteiger partial charge in [-0.25, -0.2) is 8.42 Å². The van der Waals surface area contributed by atoms with E-state index in [-0.39, 0.29) is 19.0 Å². The first-order chi connectivity index (χ1) is 11.4. The molecule has 0 heterocycles. The fraction of sp³-hybridized carbons (Fsp3) is 0.235. The lowest BCUT2D eigenvalue weighted by Gasteiger charge is -2.19. The van der Waals surface area contributed by atoms with Crippen molar-refractivity contribution in [1.29, 1.82) is 0 Å². The molecule has 0 aliphatic heterocycles. The molecule has 1 amide bonds. The van der Waals surface area contributed by atoms with Gasteiger partial charge in [-0.05, 0) is 30.0 Å². The van der Waals surface area contributed by atoms with Crippen molar-refractivity contribution >= 4 is 33.4 Å². The molecule has 0 aliphatic rings. The standard InChI is InChI=1S/C17H20N2O3S2/c1-23-16-10-6-9-15(11-16)18-17(20)13-19(24(2,21)22)12-14-7-4-3-5-8-14/h3-11H,12-13H2,1-2H3,(H,18,20). The number of nitrogens with zero attached hydrogens (tertiary/aromatic N) is 1. The monoisotopic (exact) mass is 364 g/mol. The average Bonchev–Trinajstić information content (AvgIpc) is 2.54. The second-order valence-corrected chi connectivity index (χ2v) is 8.16. The molecule has 5 nitrogen and oxygen atoms in total. The molecule has 2 aromatic carbocycles. The normalized spacial score (nSPS) is 11.5. The van der Waals surface area contributed by atoms with Gasteiger partial charge in [-0.1, -0.05) is 36.4 Å². The zero-order valence-electron chi connectivity index (χ0n) is 13.6. The maximum Gasteiger partial charge on any atom is 0.239 e. The van der Waals surface area contributed by atoms with Crippen molar-refractivity contribution in [2.45, 2.75) is 11.4 Å². The van der Waals surface area contributed by atoms with E-state index in [2.05, 4.69) is 5.32 Å². The summed E-state index contributed by atoms with van der Waals surface area (Å²) in [5, 5.41) is 2.75. The summed E-state index contributed by atoms with van der Waals surface area (Å²) in [5.74, 6) is -0.366. The molecule has 0 unspecified atom stereocenters.